The van der Waals surface area contributed by atoms with Gasteiger partial charge in [-0.05, 0) is 54.4 Å². The predicted molar refractivity (Wildman–Crippen MR) is 120 cm³/mol. The number of benzene rings is 3. The monoisotopic (exact) mass is 445 g/mol. The topological polar surface area (TPSA) is 80.0 Å². The highest BCUT2D eigenvalue weighted by atomic mass is 19.1. The summed E-state index contributed by atoms with van der Waals surface area (Å²) in [4.78, 5) is 28.6. The van der Waals surface area contributed by atoms with E-state index < -0.39 is 11.9 Å². The molecule has 1 aliphatic rings. The molecule has 1 N–H and O–H groups in total. The molecule has 7 heteroatoms. The van der Waals surface area contributed by atoms with E-state index >= 15 is 0 Å². The molecule has 1 amide bonds. The number of aromatic hydroxyl groups is 1. The molecule has 5 rings (SSSR count). The largest absolute Gasteiger partial charge is 0.504 e. The Morgan fingerprint density at radius 3 is 2.55 bits per heavy atom. The first kappa shape index (κ1) is 20.8. The van der Waals surface area contributed by atoms with Crippen molar-refractivity contribution in [3.63, 3.8) is 0 Å². The Morgan fingerprint density at radius 2 is 1.82 bits per heavy atom. The number of ether oxygens (including phenoxy) is 1. The van der Waals surface area contributed by atoms with Crippen LogP contribution in [0.2, 0.25) is 0 Å². The third-order valence-corrected chi connectivity index (χ3v) is 5.91. The number of carbonyl (C=O) groups is 1. The van der Waals surface area contributed by atoms with Crippen molar-refractivity contribution < 1.29 is 23.4 Å². The second-order valence-corrected chi connectivity index (χ2v) is 8.07. The predicted octanol–water partition coefficient (Wildman–Crippen LogP) is 4.70. The number of amides is 1. The number of hydrogen-bond acceptors (Lipinski definition) is 5. The van der Waals surface area contributed by atoms with Gasteiger partial charge in [-0.1, -0.05) is 29.8 Å². The van der Waals surface area contributed by atoms with Crippen molar-refractivity contribution in [3.8, 4) is 11.5 Å². The summed E-state index contributed by atoms with van der Waals surface area (Å²) in [7, 11) is 1.42. The molecule has 1 aromatic heterocycles. The zero-order chi connectivity index (χ0) is 23.3. The van der Waals surface area contributed by atoms with Gasteiger partial charge >= 0.3 is 0 Å². The Kier molecular flexibility index (Phi) is 4.89. The second-order valence-electron chi connectivity index (χ2n) is 8.07. The lowest BCUT2D eigenvalue weighted by Crippen LogP contribution is -2.29. The lowest BCUT2D eigenvalue weighted by Gasteiger charge is -2.25. The van der Waals surface area contributed by atoms with E-state index in [0.717, 1.165) is 5.56 Å². The average Bonchev–Trinajstić information content (AvgIpc) is 3.08. The van der Waals surface area contributed by atoms with Crippen LogP contribution in [0.25, 0.3) is 11.0 Å². The van der Waals surface area contributed by atoms with Gasteiger partial charge < -0.3 is 19.2 Å². The Morgan fingerprint density at radius 1 is 1.06 bits per heavy atom. The molecule has 6 nitrogen and oxygen atoms in total. The number of nitrogens with zero attached hydrogens (tertiary/aromatic N) is 1. The molecule has 0 unspecified atom stereocenters. The zero-order valence-electron chi connectivity index (χ0n) is 18.0. The third-order valence-electron chi connectivity index (χ3n) is 5.91. The zero-order valence-corrected chi connectivity index (χ0v) is 18.0. The first-order valence-electron chi connectivity index (χ1n) is 10.4. The van der Waals surface area contributed by atoms with Gasteiger partial charge in [0.25, 0.3) is 5.91 Å². The first-order chi connectivity index (χ1) is 15.9. The van der Waals surface area contributed by atoms with E-state index in [1.54, 1.807) is 36.4 Å². The number of rotatable bonds is 4. The molecule has 2 heterocycles. The van der Waals surface area contributed by atoms with E-state index in [4.69, 9.17) is 9.15 Å². The Labute approximate surface area is 188 Å². The summed E-state index contributed by atoms with van der Waals surface area (Å²) in [6.45, 7) is 2.01. The summed E-state index contributed by atoms with van der Waals surface area (Å²) in [6.07, 6.45) is 0. The molecular formula is C26H20FNO5. The molecule has 0 saturated carbocycles. The molecule has 0 spiro atoms. The maximum Gasteiger partial charge on any atom is 0.291 e. The molecule has 3 aromatic carbocycles. The summed E-state index contributed by atoms with van der Waals surface area (Å²) >= 11 is 0. The van der Waals surface area contributed by atoms with Gasteiger partial charge in [-0.15, -0.1) is 0 Å². The molecule has 1 aliphatic heterocycles. The quantitative estimate of drug-likeness (QED) is 0.493. The molecule has 0 bridgehead atoms. The van der Waals surface area contributed by atoms with E-state index in [1.807, 2.05) is 13.0 Å². The number of methoxy groups -OCH3 is 1. The van der Waals surface area contributed by atoms with E-state index in [0.29, 0.717) is 22.1 Å². The normalized spacial score (nSPS) is 15.2. The lowest BCUT2D eigenvalue weighted by molar-refractivity contribution is 0.0714. The van der Waals surface area contributed by atoms with Crippen LogP contribution >= 0.6 is 0 Å². The highest BCUT2D eigenvalue weighted by molar-refractivity contribution is 5.99. The molecule has 166 valence electrons. The van der Waals surface area contributed by atoms with Gasteiger partial charge in [-0.25, -0.2) is 4.39 Å². The minimum atomic E-state index is -0.770. The lowest BCUT2D eigenvalue weighted by atomic mass is 9.97. The molecule has 0 radical (unpaired) electrons. The van der Waals surface area contributed by atoms with Crippen molar-refractivity contribution in [2.45, 2.75) is 19.5 Å². The maximum atomic E-state index is 13.6. The standard InChI is InChI=1S/C26H20FNO5/c1-14-3-10-20-18(11-14)24(30)22-23(16-6-9-19(29)21(12-16)32-2)28(26(31)25(22)33-20)13-15-4-7-17(27)8-5-15/h3-12,23,29H,13H2,1-2H3/t23-/m1/s1. The van der Waals surface area contributed by atoms with Gasteiger partial charge in [0.15, 0.2) is 16.9 Å². The fraction of sp³-hybridized carbons (Fsp3) is 0.154. The number of hydrogen-bond donors (Lipinski definition) is 1. The van der Waals surface area contributed by atoms with Crippen LogP contribution in [0.3, 0.4) is 0 Å². The fourth-order valence-corrected chi connectivity index (χ4v) is 4.29. The third kappa shape index (κ3) is 3.42. The summed E-state index contributed by atoms with van der Waals surface area (Å²) in [5, 5.41) is 10.4. The smallest absolute Gasteiger partial charge is 0.291 e. The summed E-state index contributed by atoms with van der Waals surface area (Å²) in [6, 6.07) is 15.0. The Balaban J connectivity index is 1.73. The van der Waals surface area contributed by atoms with E-state index in [-0.39, 0.29) is 40.6 Å². The molecule has 4 aromatic rings. The van der Waals surface area contributed by atoms with Crippen molar-refractivity contribution in [2.75, 3.05) is 7.11 Å². The fourth-order valence-electron chi connectivity index (χ4n) is 4.29. The number of carbonyl (C=O) groups excluding carboxylic acids is 1. The summed E-state index contributed by atoms with van der Waals surface area (Å²) in [5.41, 5.74) is 2.45. The van der Waals surface area contributed by atoms with Crippen molar-refractivity contribution >= 4 is 16.9 Å². The van der Waals surface area contributed by atoms with Gasteiger partial charge in [0, 0.05) is 6.54 Å². The summed E-state index contributed by atoms with van der Waals surface area (Å²) < 4.78 is 24.6. The average molecular weight is 445 g/mol. The minimum absolute atomic E-state index is 0.0180. The van der Waals surface area contributed by atoms with Crippen LogP contribution in [-0.2, 0) is 6.54 Å². The van der Waals surface area contributed by atoms with Crippen LogP contribution < -0.4 is 10.2 Å². The van der Waals surface area contributed by atoms with E-state index in [9.17, 15) is 19.1 Å². The van der Waals surface area contributed by atoms with Crippen molar-refractivity contribution in [2.24, 2.45) is 0 Å². The molecule has 1 atom stereocenters. The van der Waals surface area contributed by atoms with Crippen molar-refractivity contribution in [1.82, 2.24) is 4.90 Å². The molecule has 0 saturated heterocycles. The van der Waals surface area contributed by atoms with Gasteiger partial charge in [0.05, 0.1) is 24.1 Å². The van der Waals surface area contributed by atoms with Crippen molar-refractivity contribution in [3.05, 3.63) is 105 Å². The van der Waals surface area contributed by atoms with Gasteiger partial charge in [0.1, 0.15) is 11.4 Å². The van der Waals surface area contributed by atoms with Crippen molar-refractivity contribution in [1.29, 1.82) is 0 Å². The van der Waals surface area contributed by atoms with Crippen LogP contribution in [0.1, 0.15) is 38.9 Å². The minimum Gasteiger partial charge on any atom is -0.504 e. The molecule has 33 heavy (non-hydrogen) atoms. The molecule has 0 aliphatic carbocycles. The first-order valence-corrected chi connectivity index (χ1v) is 10.4. The highest BCUT2D eigenvalue weighted by Crippen LogP contribution is 2.41. The molecule has 0 fully saturated rings. The van der Waals surface area contributed by atoms with E-state index in [1.165, 1.54) is 30.2 Å². The van der Waals surface area contributed by atoms with Gasteiger partial charge in [-0.2, -0.15) is 0 Å². The molecular weight excluding hydrogens is 425 g/mol. The van der Waals surface area contributed by atoms with Crippen LogP contribution in [0.5, 0.6) is 11.5 Å². The number of fused-ring (bicyclic) bond motifs is 2. The van der Waals surface area contributed by atoms with E-state index in [2.05, 4.69) is 0 Å². The Bertz CT molecular complexity index is 1460. The number of halogens is 1. The number of phenolic OH excluding ortho intramolecular Hbond substituents is 1. The van der Waals surface area contributed by atoms with Crippen LogP contribution in [0.15, 0.2) is 69.9 Å². The maximum absolute atomic E-state index is 13.6. The van der Waals surface area contributed by atoms with Gasteiger partial charge in [0.2, 0.25) is 5.76 Å². The Hall–Kier alpha value is -4.13. The van der Waals surface area contributed by atoms with Gasteiger partial charge in [-0.3, -0.25) is 9.59 Å². The van der Waals surface area contributed by atoms with Crippen LogP contribution in [-0.4, -0.2) is 23.0 Å². The SMILES string of the molecule is COc1cc([C@@H]2c3c(oc4ccc(C)cc4c3=O)C(=O)N2Cc2ccc(F)cc2)ccc1O. The number of phenols is 1. The van der Waals surface area contributed by atoms with Crippen LogP contribution in [0.4, 0.5) is 4.39 Å². The second kappa shape index (κ2) is 7.78. The van der Waals surface area contributed by atoms with Crippen LogP contribution in [0, 0.1) is 12.7 Å². The number of aryl methyl sites for hydroxylation is 1. The highest BCUT2D eigenvalue weighted by Gasteiger charge is 2.43. The summed E-state index contributed by atoms with van der Waals surface area (Å²) in [5.74, 6) is -0.678.